The highest BCUT2D eigenvalue weighted by Crippen LogP contribution is 2.32. The van der Waals surface area contributed by atoms with Crippen LogP contribution in [0.5, 0.6) is 0 Å². The number of hydrogen-bond acceptors (Lipinski definition) is 4. The Morgan fingerprint density at radius 1 is 1.26 bits per heavy atom. The molecule has 0 heterocycles. The maximum Gasteiger partial charge on any atom is 0.168 e. The molecule has 0 saturated carbocycles. The van der Waals surface area contributed by atoms with E-state index in [0.717, 1.165) is 5.56 Å². The lowest BCUT2D eigenvalue weighted by atomic mass is 9.83. The molecule has 1 aliphatic rings. The van der Waals surface area contributed by atoms with Crippen molar-refractivity contribution < 1.29 is 15.0 Å². The van der Waals surface area contributed by atoms with Gasteiger partial charge in [-0.2, -0.15) is 0 Å². The van der Waals surface area contributed by atoms with Crippen molar-refractivity contribution in [2.24, 2.45) is 4.99 Å². The van der Waals surface area contributed by atoms with Gasteiger partial charge in [0.1, 0.15) is 5.76 Å². The van der Waals surface area contributed by atoms with Crippen LogP contribution < -0.4 is 0 Å². The minimum atomic E-state index is -0.0979. The summed E-state index contributed by atoms with van der Waals surface area (Å²) in [6.07, 6.45) is 2.21. The monoisotopic (exact) mass is 259 g/mol. The van der Waals surface area contributed by atoms with Gasteiger partial charge in [0, 0.05) is 19.1 Å². The Labute approximate surface area is 112 Å². The zero-order valence-corrected chi connectivity index (χ0v) is 10.6. The van der Waals surface area contributed by atoms with E-state index in [-0.39, 0.29) is 36.2 Å². The molecule has 1 aromatic rings. The zero-order chi connectivity index (χ0) is 13.7. The smallest absolute Gasteiger partial charge is 0.168 e. The zero-order valence-electron chi connectivity index (χ0n) is 10.6. The van der Waals surface area contributed by atoms with E-state index in [1.54, 1.807) is 0 Å². The summed E-state index contributed by atoms with van der Waals surface area (Å²) in [6, 6.07) is 9.72. The molecule has 1 unspecified atom stereocenters. The molecule has 0 bridgehead atoms. The SMILES string of the molecule is O=C1CC(c2ccccc2)CC(O)=C1C=NCCO. The van der Waals surface area contributed by atoms with Crippen molar-refractivity contribution in [3.8, 4) is 0 Å². The predicted molar refractivity (Wildman–Crippen MR) is 73.5 cm³/mol. The molecule has 4 heteroatoms. The molecule has 1 aliphatic carbocycles. The number of rotatable bonds is 4. The van der Waals surface area contributed by atoms with E-state index < -0.39 is 0 Å². The summed E-state index contributed by atoms with van der Waals surface area (Å²) in [7, 11) is 0. The molecular formula is C15H17NO3. The van der Waals surface area contributed by atoms with Gasteiger partial charge >= 0.3 is 0 Å². The van der Waals surface area contributed by atoms with Gasteiger partial charge in [-0.25, -0.2) is 0 Å². The van der Waals surface area contributed by atoms with Gasteiger partial charge in [0.25, 0.3) is 0 Å². The number of Topliss-reactive ketones (excluding diaryl/α,β-unsaturated/α-hetero) is 1. The van der Waals surface area contributed by atoms with Crippen molar-refractivity contribution in [2.75, 3.05) is 13.2 Å². The van der Waals surface area contributed by atoms with Crippen LogP contribution in [0.3, 0.4) is 0 Å². The van der Waals surface area contributed by atoms with Gasteiger partial charge in [-0.3, -0.25) is 9.79 Å². The van der Waals surface area contributed by atoms with Crippen molar-refractivity contribution in [3.63, 3.8) is 0 Å². The lowest BCUT2D eigenvalue weighted by Crippen LogP contribution is -2.19. The summed E-state index contributed by atoms with van der Waals surface area (Å²) in [5, 5.41) is 18.6. The average molecular weight is 259 g/mol. The van der Waals surface area contributed by atoms with Crippen LogP contribution in [0.2, 0.25) is 0 Å². The van der Waals surface area contributed by atoms with Gasteiger partial charge in [-0.05, 0) is 11.5 Å². The van der Waals surface area contributed by atoms with Crippen LogP contribution in [0.4, 0.5) is 0 Å². The number of nitrogens with zero attached hydrogens (tertiary/aromatic N) is 1. The highest BCUT2D eigenvalue weighted by molar-refractivity contribution is 6.14. The molecule has 2 rings (SSSR count). The van der Waals surface area contributed by atoms with Gasteiger partial charge in [-0.15, -0.1) is 0 Å². The average Bonchev–Trinajstić information content (AvgIpc) is 2.43. The Balaban J connectivity index is 2.16. The number of carbonyl (C=O) groups excluding carboxylic acids is 1. The van der Waals surface area contributed by atoms with E-state index in [1.807, 2.05) is 30.3 Å². The van der Waals surface area contributed by atoms with Crippen molar-refractivity contribution in [1.82, 2.24) is 0 Å². The maximum absolute atomic E-state index is 12.0. The topological polar surface area (TPSA) is 69.9 Å². The number of aliphatic imine (C=N–C) groups is 1. The van der Waals surface area contributed by atoms with Gasteiger partial charge < -0.3 is 10.2 Å². The summed E-state index contributed by atoms with van der Waals surface area (Å²) in [5.74, 6) is 0.0229. The number of hydrogen-bond donors (Lipinski definition) is 2. The molecule has 19 heavy (non-hydrogen) atoms. The third-order valence-electron chi connectivity index (χ3n) is 3.20. The molecule has 0 aliphatic heterocycles. The molecule has 0 fully saturated rings. The Hall–Kier alpha value is -1.94. The van der Waals surface area contributed by atoms with Crippen molar-refractivity contribution in [2.45, 2.75) is 18.8 Å². The first-order chi connectivity index (χ1) is 9.22. The quantitative estimate of drug-likeness (QED) is 0.813. The lowest BCUT2D eigenvalue weighted by molar-refractivity contribution is -0.116. The van der Waals surface area contributed by atoms with Gasteiger partial charge in [0.2, 0.25) is 0 Å². The fraction of sp³-hybridized carbons (Fsp3) is 0.333. The summed E-state index contributed by atoms with van der Waals surface area (Å²) >= 11 is 0. The first kappa shape index (κ1) is 13.5. The van der Waals surface area contributed by atoms with Crippen molar-refractivity contribution in [3.05, 3.63) is 47.2 Å². The van der Waals surface area contributed by atoms with Crippen molar-refractivity contribution in [1.29, 1.82) is 0 Å². The van der Waals surface area contributed by atoms with Crippen LogP contribution in [0.25, 0.3) is 0 Å². The molecular weight excluding hydrogens is 242 g/mol. The highest BCUT2D eigenvalue weighted by atomic mass is 16.3. The Bertz CT molecular complexity index is 505. The van der Waals surface area contributed by atoms with Crippen molar-refractivity contribution >= 4 is 12.0 Å². The number of aliphatic hydroxyl groups is 2. The Morgan fingerprint density at radius 2 is 2.00 bits per heavy atom. The van der Waals surface area contributed by atoms with Crippen LogP contribution in [-0.2, 0) is 4.79 Å². The van der Waals surface area contributed by atoms with Gasteiger partial charge in [0.15, 0.2) is 5.78 Å². The first-order valence-corrected chi connectivity index (χ1v) is 6.33. The molecule has 0 radical (unpaired) electrons. The summed E-state index contributed by atoms with van der Waals surface area (Å²) < 4.78 is 0. The molecule has 0 saturated heterocycles. The van der Waals surface area contributed by atoms with Crippen LogP contribution in [0.15, 0.2) is 46.7 Å². The second-order valence-electron chi connectivity index (χ2n) is 4.56. The minimum absolute atomic E-state index is 0.0312. The number of ketones is 1. The number of carbonyl (C=O) groups is 1. The molecule has 2 N–H and O–H groups in total. The van der Waals surface area contributed by atoms with Crippen LogP contribution >= 0.6 is 0 Å². The Kier molecular flexibility index (Phi) is 4.47. The molecule has 0 aromatic heterocycles. The second-order valence-corrected chi connectivity index (χ2v) is 4.56. The van der Waals surface area contributed by atoms with Crippen LogP contribution in [0.1, 0.15) is 24.3 Å². The fourth-order valence-corrected chi connectivity index (χ4v) is 2.23. The highest BCUT2D eigenvalue weighted by Gasteiger charge is 2.27. The predicted octanol–water partition coefficient (Wildman–Crippen LogP) is 2.01. The molecule has 4 nitrogen and oxygen atoms in total. The Morgan fingerprint density at radius 3 is 2.63 bits per heavy atom. The standard InChI is InChI=1S/C15H17NO3/c17-7-6-16-10-13-14(18)8-12(9-15(13)19)11-4-2-1-3-5-11/h1-5,10,12,17-18H,6-9H2. The third kappa shape index (κ3) is 3.29. The molecule has 100 valence electrons. The number of allylic oxidation sites excluding steroid dienone is 2. The number of aliphatic hydroxyl groups excluding tert-OH is 2. The van der Waals surface area contributed by atoms with E-state index in [4.69, 9.17) is 5.11 Å². The summed E-state index contributed by atoms with van der Waals surface area (Å²) in [5.41, 5.74) is 1.34. The summed E-state index contributed by atoms with van der Waals surface area (Å²) in [6.45, 7) is 0.178. The van der Waals surface area contributed by atoms with E-state index in [1.165, 1.54) is 6.21 Å². The van der Waals surface area contributed by atoms with Crippen LogP contribution in [0, 0.1) is 0 Å². The number of benzene rings is 1. The van der Waals surface area contributed by atoms with E-state index >= 15 is 0 Å². The maximum atomic E-state index is 12.0. The van der Waals surface area contributed by atoms with E-state index in [0.29, 0.717) is 12.8 Å². The van der Waals surface area contributed by atoms with Crippen LogP contribution in [-0.4, -0.2) is 35.4 Å². The molecule has 1 atom stereocenters. The molecule has 0 spiro atoms. The summed E-state index contributed by atoms with van der Waals surface area (Å²) in [4.78, 5) is 15.9. The normalized spacial score (nSPS) is 20.3. The minimum Gasteiger partial charge on any atom is -0.511 e. The molecule has 0 amide bonds. The van der Waals surface area contributed by atoms with Gasteiger partial charge in [-0.1, -0.05) is 30.3 Å². The van der Waals surface area contributed by atoms with E-state index in [2.05, 4.69) is 4.99 Å². The first-order valence-electron chi connectivity index (χ1n) is 6.33. The second kappa shape index (κ2) is 6.29. The molecule has 1 aromatic carbocycles. The lowest BCUT2D eigenvalue weighted by Gasteiger charge is -2.22. The largest absolute Gasteiger partial charge is 0.511 e. The third-order valence-corrected chi connectivity index (χ3v) is 3.20. The fourth-order valence-electron chi connectivity index (χ4n) is 2.23. The van der Waals surface area contributed by atoms with E-state index in [9.17, 15) is 9.90 Å². The van der Waals surface area contributed by atoms with Gasteiger partial charge in [0.05, 0.1) is 18.7 Å².